The summed E-state index contributed by atoms with van der Waals surface area (Å²) in [5.41, 5.74) is 9.60. The summed E-state index contributed by atoms with van der Waals surface area (Å²) in [6, 6.07) is 65.9. The maximum Gasteiger partial charge on any atom is 0.199 e. The monoisotopic (exact) mass is 760 g/mol. The number of fused-ring (bicyclic) bond motifs is 5. The molecule has 2 aromatic heterocycles. The molecule has 6 heteroatoms. The van der Waals surface area contributed by atoms with Crippen molar-refractivity contribution in [1.29, 1.82) is 0 Å². The highest BCUT2D eigenvalue weighted by Crippen LogP contribution is 2.45. The summed E-state index contributed by atoms with van der Waals surface area (Å²) in [6.45, 7) is 8.46. The second-order valence-electron chi connectivity index (χ2n) is 14.2. The van der Waals surface area contributed by atoms with Crippen molar-refractivity contribution in [3.63, 3.8) is 0 Å². The molecule has 0 aliphatic rings. The SMILES string of the molecule is [C-]#[N+]c1cc2nc(-c3ccccc3)c(-c3ccccc3)nc2c2c1c(-c1cccc(-c3ccc(P(=O)(c4ccccc4)c4ccccc4)cc3)c1)nc1ccccc12. The van der Waals surface area contributed by atoms with Crippen molar-refractivity contribution in [2.75, 3.05) is 0 Å². The second-order valence-corrected chi connectivity index (χ2v) is 16.9. The topological polar surface area (TPSA) is 60.1 Å². The van der Waals surface area contributed by atoms with Crippen molar-refractivity contribution < 1.29 is 4.57 Å². The van der Waals surface area contributed by atoms with Crippen LogP contribution >= 0.6 is 7.14 Å². The van der Waals surface area contributed by atoms with E-state index < -0.39 is 7.14 Å². The normalized spacial score (nSPS) is 11.5. The maximum absolute atomic E-state index is 15.0. The van der Waals surface area contributed by atoms with Gasteiger partial charge in [0.1, 0.15) is 0 Å². The van der Waals surface area contributed by atoms with E-state index in [1.807, 2.05) is 170 Å². The highest BCUT2D eigenvalue weighted by Gasteiger charge is 2.29. The summed E-state index contributed by atoms with van der Waals surface area (Å²) in [4.78, 5) is 20.0. The predicted molar refractivity (Wildman–Crippen MR) is 240 cm³/mol. The van der Waals surface area contributed by atoms with Gasteiger partial charge in [0.05, 0.1) is 40.2 Å². The van der Waals surface area contributed by atoms with E-state index in [1.54, 1.807) is 0 Å². The number of hydrogen-bond acceptors (Lipinski definition) is 4. The van der Waals surface area contributed by atoms with Crippen LogP contribution in [-0.4, -0.2) is 15.0 Å². The zero-order valence-corrected chi connectivity index (χ0v) is 32.1. The molecule has 272 valence electrons. The molecule has 0 unspecified atom stereocenters. The summed E-state index contributed by atoms with van der Waals surface area (Å²) in [5.74, 6) is 0. The lowest BCUT2D eigenvalue weighted by Gasteiger charge is -2.20. The zero-order chi connectivity index (χ0) is 39.1. The van der Waals surface area contributed by atoms with Crippen molar-refractivity contribution >= 4 is 61.5 Å². The summed E-state index contributed by atoms with van der Waals surface area (Å²) < 4.78 is 15.0. The highest BCUT2D eigenvalue weighted by atomic mass is 31.2. The molecule has 2 heterocycles. The van der Waals surface area contributed by atoms with Gasteiger partial charge in [-0.15, -0.1) is 0 Å². The van der Waals surface area contributed by atoms with E-state index in [4.69, 9.17) is 21.5 Å². The molecule has 0 aliphatic heterocycles. The summed E-state index contributed by atoms with van der Waals surface area (Å²) >= 11 is 0. The van der Waals surface area contributed by atoms with Crippen molar-refractivity contribution in [3.8, 4) is 44.9 Å². The fraction of sp³-hybridized carbons (Fsp3) is 0. The minimum atomic E-state index is -3.12. The van der Waals surface area contributed by atoms with Crippen LogP contribution < -0.4 is 15.9 Å². The van der Waals surface area contributed by atoms with Crippen LogP contribution in [0.1, 0.15) is 0 Å². The Balaban J connectivity index is 1.16. The first-order chi connectivity index (χ1) is 28.6. The molecule has 58 heavy (non-hydrogen) atoms. The fourth-order valence-corrected chi connectivity index (χ4v) is 10.6. The number of rotatable bonds is 7. The lowest BCUT2D eigenvalue weighted by Crippen LogP contribution is -2.24. The molecule has 0 spiro atoms. The zero-order valence-electron chi connectivity index (χ0n) is 31.2. The van der Waals surface area contributed by atoms with Crippen LogP contribution in [0.3, 0.4) is 0 Å². The Morgan fingerprint density at radius 1 is 0.397 bits per heavy atom. The molecule has 8 aromatic carbocycles. The van der Waals surface area contributed by atoms with Gasteiger partial charge in [-0.25, -0.2) is 19.8 Å². The standard InChI is InChI=1S/C52H33N4OP/c1-53-45-34-46-52(56-51(37-19-8-3-9-20-37)50(55-46)36-17-6-2-7-18-36)47-43-27-14-15-28-44(43)54-49(48(45)47)39-22-16-21-38(33-39)35-29-31-42(32-30-35)58(57,40-23-10-4-11-24-40)41-25-12-5-13-26-41/h2-34H. The average molecular weight is 761 g/mol. The third-order valence-electron chi connectivity index (χ3n) is 10.7. The molecule has 0 bridgehead atoms. The van der Waals surface area contributed by atoms with Crippen molar-refractivity contribution in [2.24, 2.45) is 0 Å². The minimum absolute atomic E-state index is 0.462. The Bertz CT molecular complexity index is 3200. The predicted octanol–water partition coefficient (Wildman–Crippen LogP) is 12.2. The van der Waals surface area contributed by atoms with Crippen LogP contribution in [0, 0.1) is 6.57 Å². The molecule has 0 amide bonds. The number of para-hydroxylation sites is 1. The number of nitrogens with zero attached hydrogens (tertiary/aromatic N) is 4. The first kappa shape index (κ1) is 34.9. The lowest BCUT2D eigenvalue weighted by atomic mass is 9.95. The van der Waals surface area contributed by atoms with E-state index in [9.17, 15) is 0 Å². The van der Waals surface area contributed by atoms with Crippen molar-refractivity contribution in [1.82, 2.24) is 15.0 Å². The summed E-state index contributed by atoms with van der Waals surface area (Å²) in [6.07, 6.45) is 0. The molecule has 0 saturated heterocycles. The van der Waals surface area contributed by atoms with Crippen molar-refractivity contribution in [2.45, 2.75) is 0 Å². The second kappa shape index (κ2) is 14.5. The van der Waals surface area contributed by atoms with E-state index in [0.717, 1.165) is 76.8 Å². The molecular weight excluding hydrogens is 728 g/mol. The Labute approximate surface area is 336 Å². The van der Waals surface area contributed by atoms with E-state index in [1.165, 1.54) is 0 Å². The van der Waals surface area contributed by atoms with Crippen LogP contribution in [0.25, 0.3) is 82.5 Å². The first-order valence-corrected chi connectivity index (χ1v) is 20.8. The number of benzene rings is 8. The minimum Gasteiger partial charge on any atom is -0.309 e. The van der Waals surface area contributed by atoms with Crippen LogP contribution in [-0.2, 0) is 4.57 Å². The molecule has 10 aromatic rings. The molecule has 10 rings (SSSR count). The first-order valence-electron chi connectivity index (χ1n) is 19.1. The van der Waals surface area contributed by atoms with Crippen molar-refractivity contribution in [3.05, 3.63) is 212 Å². The van der Waals surface area contributed by atoms with E-state index in [0.29, 0.717) is 22.4 Å². The third-order valence-corrected chi connectivity index (χ3v) is 13.8. The molecule has 0 fully saturated rings. The molecule has 0 radical (unpaired) electrons. The quantitative estimate of drug-likeness (QED) is 0.0922. The van der Waals surface area contributed by atoms with Gasteiger partial charge in [0.15, 0.2) is 12.8 Å². The van der Waals surface area contributed by atoms with Crippen LogP contribution in [0.4, 0.5) is 5.69 Å². The number of hydrogen-bond donors (Lipinski definition) is 0. The summed E-state index contributed by atoms with van der Waals surface area (Å²) in [7, 11) is -3.12. The molecular formula is C52H33N4OP. The Morgan fingerprint density at radius 3 is 1.52 bits per heavy atom. The van der Waals surface area contributed by atoms with Gasteiger partial charge in [-0.2, -0.15) is 0 Å². The Morgan fingerprint density at radius 2 is 0.897 bits per heavy atom. The van der Waals surface area contributed by atoms with E-state index in [-0.39, 0.29) is 0 Å². The smallest absolute Gasteiger partial charge is 0.199 e. The van der Waals surface area contributed by atoms with Crippen LogP contribution in [0.15, 0.2) is 200 Å². The summed E-state index contributed by atoms with van der Waals surface area (Å²) in [5, 5.41) is 4.86. The van der Waals surface area contributed by atoms with Gasteiger partial charge in [0.25, 0.3) is 0 Å². The number of pyridine rings is 1. The molecule has 0 saturated carbocycles. The average Bonchev–Trinajstić information content (AvgIpc) is 3.31. The third kappa shape index (κ3) is 5.96. The maximum atomic E-state index is 15.0. The highest BCUT2D eigenvalue weighted by molar-refractivity contribution is 7.85. The number of aromatic nitrogens is 3. The molecule has 0 aliphatic carbocycles. The van der Waals surface area contributed by atoms with Gasteiger partial charge in [-0.1, -0.05) is 182 Å². The largest absolute Gasteiger partial charge is 0.309 e. The van der Waals surface area contributed by atoms with E-state index in [2.05, 4.69) is 35.2 Å². The van der Waals surface area contributed by atoms with Gasteiger partial charge in [0, 0.05) is 48.8 Å². The van der Waals surface area contributed by atoms with Gasteiger partial charge in [-0.3, -0.25) is 0 Å². The molecule has 0 atom stereocenters. The van der Waals surface area contributed by atoms with Gasteiger partial charge in [-0.05, 0) is 29.3 Å². The molecule has 5 nitrogen and oxygen atoms in total. The van der Waals surface area contributed by atoms with Gasteiger partial charge in [0.2, 0.25) is 0 Å². The lowest BCUT2D eigenvalue weighted by molar-refractivity contribution is 0.592. The van der Waals surface area contributed by atoms with Gasteiger partial charge < -0.3 is 4.57 Å². The fourth-order valence-electron chi connectivity index (χ4n) is 7.97. The van der Waals surface area contributed by atoms with Crippen LogP contribution in [0.5, 0.6) is 0 Å². The Kier molecular flexibility index (Phi) is 8.75. The van der Waals surface area contributed by atoms with E-state index >= 15 is 4.57 Å². The molecule has 0 N–H and O–H groups in total. The van der Waals surface area contributed by atoms with Crippen LogP contribution in [0.2, 0.25) is 0 Å². The Hall–Kier alpha value is -7.51. The van der Waals surface area contributed by atoms with Gasteiger partial charge >= 0.3 is 0 Å².